The first-order valence-corrected chi connectivity index (χ1v) is 5.81. The minimum absolute atomic E-state index is 0.267. The van der Waals surface area contributed by atoms with Gasteiger partial charge in [-0.05, 0) is 12.1 Å². The van der Waals surface area contributed by atoms with Crippen molar-refractivity contribution < 1.29 is 14.7 Å². The molecule has 1 fully saturated rings. The quantitative estimate of drug-likeness (QED) is 0.684. The van der Waals surface area contributed by atoms with Crippen LogP contribution >= 0.6 is 0 Å². The second kappa shape index (κ2) is 5.42. The minimum Gasteiger partial charge on any atom is -0.465 e. The number of carbonyl (C=O) groups is 2. The van der Waals surface area contributed by atoms with Crippen molar-refractivity contribution in [3.05, 3.63) is 18.3 Å². The van der Waals surface area contributed by atoms with E-state index in [0.29, 0.717) is 37.7 Å². The van der Waals surface area contributed by atoms with Gasteiger partial charge in [-0.25, -0.2) is 14.6 Å². The smallest absolute Gasteiger partial charge is 0.407 e. The highest BCUT2D eigenvalue weighted by Gasteiger charge is 2.23. The Morgan fingerprint density at radius 1 is 1.21 bits per heavy atom. The molecule has 102 valence electrons. The SMILES string of the molecule is Nc1ccc(NC(=O)N2CCN(C(=O)O)CC2)cn1. The molecule has 0 saturated carbocycles. The first kappa shape index (κ1) is 12.9. The van der Waals surface area contributed by atoms with Crippen LogP contribution < -0.4 is 11.1 Å². The number of hydrogen-bond donors (Lipinski definition) is 3. The molecule has 1 aromatic heterocycles. The lowest BCUT2D eigenvalue weighted by atomic mass is 10.3. The molecule has 1 saturated heterocycles. The van der Waals surface area contributed by atoms with Gasteiger partial charge in [0, 0.05) is 26.2 Å². The number of nitrogens with one attached hydrogen (secondary N) is 1. The summed E-state index contributed by atoms with van der Waals surface area (Å²) >= 11 is 0. The summed E-state index contributed by atoms with van der Waals surface area (Å²) < 4.78 is 0. The molecule has 0 radical (unpaired) electrons. The average molecular weight is 265 g/mol. The zero-order valence-electron chi connectivity index (χ0n) is 10.2. The summed E-state index contributed by atoms with van der Waals surface area (Å²) in [7, 11) is 0. The van der Waals surface area contributed by atoms with Crippen LogP contribution in [0.5, 0.6) is 0 Å². The maximum Gasteiger partial charge on any atom is 0.407 e. The summed E-state index contributed by atoms with van der Waals surface area (Å²) in [4.78, 5) is 29.4. The number of piperazine rings is 1. The molecular formula is C11H15N5O3. The number of amides is 3. The Bertz CT molecular complexity index is 468. The van der Waals surface area contributed by atoms with Gasteiger partial charge in [0.1, 0.15) is 5.82 Å². The molecule has 0 bridgehead atoms. The second-order valence-corrected chi connectivity index (χ2v) is 4.16. The molecule has 0 spiro atoms. The van der Waals surface area contributed by atoms with Crippen LogP contribution in [0.15, 0.2) is 18.3 Å². The van der Waals surface area contributed by atoms with E-state index in [4.69, 9.17) is 10.8 Å². The Morgan fingerprint density at radius 3 is 2.37 bits per heavy atom. The van der Waals surface area contributed by atoms with Gasteiger partial charge in [-0.3, -0.25) is 0 Å². The number of nitrogens with two attached hydrogens (primary N) is 1. The molecule has 19 heavy (non-hydrogen) atoms. The molecule has 0 aromatic carbocycles. The predicted octanol–water partition coefficient (Wildman–Crippen LogP) is 0.491. The normalized spacial score (nSPS) is 15.2. The topological polar surface area (TPSA) is 112 Å². The van der Waals surface area contributed by atoms with Crippen LogP contribution in [0.1, 0.15) is 0 Å². The lowest BCUT2D eigenvalue weighted by Gasteiger charge is -2.33. The van der Waals surface area contributed by atoms with Gasteiger partial charge in [0.2, 0.25) is 0 Å². The van der Waals surface area contributed by atoms with Gasteiger partial charge in [-0.2, -0.15) is 0 Å². The van der Waals surface area contributed by atoms with E-state index in [0.717, 1.165) is 0 Å². The lowest BCUT2D eigenvalue weighted by Crippen LogP contribution is -2.51. The van der Waals surface area contributed by atoms with Crippen LogP contribution in [0.3, 0.4) is 0 Å². The van der Waals surface area contributed by atoms with Crippen molar-refractivity contribution >= 4 is 23.6 Å². The third-order valence-corrected chi connectivity index (χ3v) is 2.88. The largest absolute Gasteiger partial charge is 0.465 e. The number of urea groups is 1. The third kappa shape index (κ3) is 3.24. The number of rotatable bonds is 1. The molecule has 8 heteroatoms. The fraction of sp³-hybridized carbons (Fsp3) is 0.364. The molecule has 8 nitrogen and oxygen atoms in total. The van der Waals surface area contributed by atoms with Gasteiger partial charge in [-0.1, -0.05) is 0 Å². The lowest BCUT2D eigenvalue weighted by molar-refractivity contribution is 0.115. The molecule has 3 amide bonds. The van der Waals surface area contributed by atoms with E-state index in [1.807, 2.05) is 0 Å². The predicted molar refractivity (Wildman–Crippen MR) is 68.8 cm³/mol. The number of pyridine rings is 1. The van der Waals surface area contributed by atoms with Gasteiger partial charge >= 0.3 is 12.1 Å². The summed E-state index contributed by atoms with van der Waals surface area (Å²) in [6, 6.07) is 2.99. The number of anilines is 2. The summed E-state index contributed by atoms with van der Waals surface area (Å²) in [6.45, 7) is 1.40. The molecule has 1 aromatic rings. The first-order valence-electron chi connectivity index (χ1n) is 5.81. The van der Waals surface area contributed by atoms with Gasteiger partial charge in [-0.15, -0.1) is 0 Å². The van der Waals surface area contributed by atoms with Crippen LogP contribution in [-0.4, -0.2) is 58.2 Å². The fourth-order valence-electron chi connectivity index (χ4n) is 1.78. The van der Waals surface area contributed by atoms with E-state index in [1.165, 1.54) is 11.1 Å². The fourth-order valence-corrected chi connectivity index (χ4v) is 1.78. The zero-order chi connectivity index (χ0) is 13.8. The van der Waals surface area contributed by atoms with Crippen LogP contribution in [0, 0.1) is 0 Å². The highest BCUT2D eigenvalue weighted by molar-refractivity contribution is 5.89. The third-order valence-electron chi connectivity index (χ3n) is 2.88. The van der Waals surface area contributed by atoms with Gasteiger partial charge < -0.3 is 26.0 Å². The van der Waals surface area contributed by atoms with Crippen LogP contribution in [0.2, 0.25) is 0 Å². The first-order chi connectivity index (χ1) is 9.06. The maximum atomic E-state index is 11.9. The highest BCUT2D eigenvalue weighted by Crippen LogP contribution is 2.09. The molecule has 2 heterocycles. The van der Waals surface area contributed by atoms with Crippen molar-refractivity contribution in [1.82, 2.24) is 14.8 Å². The number of nitrogen functional groups attached to an aromatic ring is 1. The van der Waals surface area contributed by atoms with E-state index in [9.17, 15) is 9.59 Å². The van der Waals surface area contributed by atoms with Gasteiger partial charge in [0.15, 0.2) is 0 Å². The molecule has 1 aliphatic heterocycles. The summed E-state index contributed by atoms with van der Waals surface area (Å²) in [5, 5.41) is 11.5. The van der Waals surface area contributed by atoms with E-state index >= 15 is 0 Å². The van der Waals surface area contributed by atoms with Crippen LogP contribution in [-0.2, 0) is 0 Å². The van der Waals surface area contributed by atoms with Crippen molar-refractivity contribution in [2.75, 3.05) is 37.2 Å². The Hall–Kier alpha value is -2.51. The standard InChI is InChI=1S/C11H15N5O3/c12-9-2-1-8(7-13-9)14-10(17)15-3-5-16(6-4-15)11(18)19/h1-2,7H,3-6H2,(H2,12,13)(H,14,17)(H,18,19). The molecule has 2 rings (SSSR count). The number of carbonyl (C=O) groups excluding carboxylic acids is 1. The van der Waals surface area contributed by atoms with E-state index in [1.54, 1.807) is 17.0 Å². The summed E-state index contributed by atoms with van der Waals surface area (Å²) in [5.41, 5.74) is 6.00. The van der Waals surface area contributed by atoms with E-state index < -0.39 is 6.09 Å². The maximum absolute atomic E-state index is 11.9. The Labute approximate surface area is 109 Å². The van der Waals surface area contributed by atoms with Crippen molar-refractivity contribution in [2.45, 2.75) is 0 Å². The van der Waals surface area contributed by atoms with Crippen molar-refractivity contribution in [3.8, 4) is 0 Å². The number of aromatic nitrogens is 1. The molecule has 4 N–H and O–H groups in total. The van der Waals surface area contributed by atoms with Gasteiger partial charge in [0.05, 0.1) is 11.9 Å². The zero-order valence-corrected chi connectivity index (χ0v) is 10.2. The molecular weight excluding hydrogens is 250 g/mol. The Kier molecular flexibility index (Phi) is 3.69. The van der Waals surface area contributed by atoms with Crippen molar-refractivity contribution in [1.29, 1.82) is 0 Å². The molecule has 0 aliphatic carbocycles. The monoisotopic (exact) mass is 265 g/mol. The summed E-state index contributed by atoms with van der Waals surface area (Å²) in [6.07, 6.45) is 0.517. The van der Waals surface area contributed by atoms with E-state index in [-0.39, 0.29) is 6.03 Å². The highest BCUT2D eigenvalue weighted by atomic mass is 16.4. The Morgan fingerprint density at radius 2 is 1.84 bits per heavy atom. The summed E-state index contributed by atoms with van der Waals surface area (Å²) in [5.74, 6) is 0.382. The second-order valence-electron chi connectivity index (χ2n) is 4.16. The average Bonchev–Trinajstić information content (AvgIpc) is 2.41. The number of nitrogens with zero attached hydrogens (tertiary/aromatic N) is 3. The Balaban J connectivity index is 1.88. The number of carboxylic acid groups (broad SMARTS) is 1. The van der Waals surface area contributed by atoms with Gasteiger partial charge in [0.25, 0.3) is 0 Å². The molecule has 0 atom stereocenters. The van der Waals surface area contributed by atoms with Crippen LogP contribution in [0.25, 0.3) is 0 Å². The molecule has 0 unspecified atom stereocenters. The van der Waals surface area contributed by atoms with E-state index in [2.05, 4.69) is 10.3 Å². The van der Waals surface area contributed by atoms with Crippen LogP contribution in [0.4, 0.5) is 21.1 Å². The number of hydrogen-bond acceptors (Lipinski definition) is 4. The van der Waals surface area contributed by atoms with Crippen molar-refractivity contribution in [3.63, 3.8) is 0 Å². The minimum atomic E-state index is -0.956. The molecule has 1 aliphatic rings. The van der Waals surface area contributed by atoms with Crippen molar-refractivity contribution in [2.24, 2.45) is 0 Å².